The van der Waals surface area contributed by atoms with Gasteiger partial charge in [-0.3, -0.25) is 4.79 Å². The van der Waals surface area contributed by atoms with Crippen LogP contribution in [0.5, 0.6) is 5.75 Å². The number of alkyl halides is 2. The van der Waals surface area contributed by atoms with E-state index in [1.54, 1.807) is 0 Å². The standard InChI is InChI=1S/C18H16F2N2O4S/c1-8-10(3)27-16-13(8)15(23)21-14(22-16)9(2)25-17(24)11-6-4-5-7-12(11)26-18(19)20/h4-7,9,18H,1-3H3,(H,21,22,23)/t9-/m1/s1. The van der Waals surface area contributed by atoms with Crippen LogP contribution in [-0.4, -0.2) is 22.5 Å². The van der Waals surface area contributed by atoms with Crippen molar-refractivity contribution in [2.45, 2.75) is 33.5 Å². The smallest absolute Gasteiger partial charge is 0.387 e. The number of esters is 1. The second-order valence-corrected chi connectivity index (χ2v) is 7.04. The summed E-state index contributed by atoms with van der Waals surface area (Å²) in [6.45, 7) is 2.20. The third-order valence-corrected chi connectivity index (χ3v) is 5.15. The molecule has 0 unspecified atom stereocenters. The molecule has 0 spiro atoms. The Balaban J connectivity index is 1.88. The Labute approximate surface area is 156 Å². The zero-order chi connectivity index (χ0) is 19.7. The molecule has 1 atom stereocenters. The van der Waals surface area contributed by atoms with Crippen molar-refractivity contribution >= 4 is 27.5 Å². The Morgan fingerprint density at radius 3 is 2.67 bits per heavy atom. The molecule has 2 heterocycles. The van der Waals surface area contributed by atoms with E-state index in [1.807, 2.05) is 13.8 Å². The second-order valence-electron chi connectivity index (χ2n) is 5.84. The van der Waals surface area contributed by atoms with Crippen molar-refractivity contribution in [2.24, 2.45) is 0 Å². The number of nitrogens with one attached hydrogen (secondary N) is 1. The van der Waals surface area contributed by atoms with Gasteiger partial charge in [-0.2, -0.15) is 8.78 Å². The van der Waals surface area contributed by atoms with Crippen molar-refractivity contribution in [3.63, 3.8) is 0 Å². The fourth-order valence-corrected chi connectivity index (χ4v) is 3.61. The van der Waals surface area contributed by atoms with Crippen molar-refractivity contribution in [1.29, 1.82) is 0 Å². The number of rotatable bonds is 5. The maximum absolute atomic E-state index is 12.5. The van der Waals surface area contributed by atoms with Crippen molar-refractivity contribution < 1.29 is 23.0 Å². The van der Waals surface area contributed by atoms with Crippen molar-refractivity contribution in [3.05, 3.63) is 56.4 Å². The number of ether oxygens (including phenoxy) is 2. The van der Waals surface area contributed by atoms with Gasteiger partial charge in [0.25, 0.3) is 5.56 Å². The van der Waals surface area contributed by atoms with E-state index in [2.05, 4.69) is 14.7 Å². The zero-order valence-corrected chi connectivity index (χ0v) is 15.5. The fourth-order valence-electron chi connectivity index (χ4n) is 2.58. The molecule has 3 rings (SSSR count). The summed E-state index contributed by atoms with van der Waals surface area (Å²) in [5.41, 5.74) is 0.398. The quantitative estimate of drug-likeness (QED) is 0.659. The summed E-state index contributed by atoms with van der Waals surface area (Å²) in [5.74, 6) is -0.972. The van der Waals surface area contributed by atoms with E-state index in [0.717, 1.165) is 10.4 Å². The molecule has 0 aliphatic carbocycles. The Kier molecular flexibility index (Phi) is 5.22. The number of carbonyl (C=O) groups excluding carboxylic acids is 1. The minimum absolute atomic E-state index is 0.143. The molecule has 0 fully saturated rings. The van der Waals surface area contributed by atoms with Crippen LogP contribution in [0.4, 0.5) is 8.78 Å². The van der Waals surface area contributed by atoms with Crippen LogP contribution in [0.2, 0.25) is 0 Å². The molecule has 0 saturated carbocycles. The lowest BCUT2D eigenvalue weighted by atomic mass is 10.2. The number of hydrogen-bond acceptors (Lipinski definition) is 6. The minimum Gasteiger partial charge on any atom is -0.451 e. The first-order chi connectivity index (χ1) is 12.8. The van der Waals surface area contributed by atoms with E-state index in [0.29, 0.717) is 10.2 Å². The van der Waals surface area contributed by atoms with Gasteiger partial charge in [0.1, 0.15) is 16.1 Å². The lowest BCUT2D eigenvalue weighted by Crippen LogP contribution is -2.18. The monoisotopic (exact) mass is 394 g/mol. The van der Waals surface area contributed by atoms with Crippen LogP contribution in [0.3, 0.4) is 0 Å². The first-order valence-electron chi connectivity index (χ1n) is 8.02. The van der Waals surface area contributed by atoms with Crippen LogP contribution >= 0.6 is 11.3 Å². The largest absolute Gasteiger partial charge is 0.451 e. The molecular formula is C18H16F2N2O4S. The molecule has 0 amide bonds. The average Bonchev–Trinajstić information content (AvgIpc) is 2.89. The normalized spacial score (nSPS) is 12.4. The van der Waals surface area contributed by atoms with Gasteiger partial charge in [0.05, 0.1) is 5.39 Å². The molecule has 1 N–H and O–H groups in total. The molecule has 142 valence electrons. The summed E-state index contributed by atoms with van der Waals surface area (Å²) in [5, 5.41) is 0.510. The van der Waals surface area contributed by atoms with Crippen molar-refractivity contribution in [2.75, 3.05) is 0 Å². The number of nitrogens with zero attached hydrogens (tertiary/aromatic N) is 1. The molecule has 0 aliphatic rings. The summed E-state index contributed by atoms with van der Waals surface area (Å²) in [6.07, 6.45) is -0.892. The first-order valence-corrected chi connectivity index (χ1v) is 8.84. The molecule has 3 aromatic rings. The molecule has 6 nitrogen and oxygen atoms in total. The molecule has 0 bridgehead atoms. The van der Waals surface area contributed by atoms with E-state index in [9.17, 15) is 18.4 Å². The second kappa shape index (κ2) is 7.43. The molecule has 1 aromatic carbocycles. The number of H-pyrrole nitrogens is 1. The maximum atomic E-state index is 12.5. The first kappa shape index (κ1) is 19.0. The number of thiophene rings is 1. The summed E-state index contributed by atoms with van der Waals surface area (Å²) in [6, 6.07) is 5.53. The third kappa shape index (κ3) is 3.82. The van der Waals surface area contributed by atoms with E-state index < -0.39 is 18.7 Å². The molecule has 0 radical (unpaired) electrons. The third-order valence-electron chi connectivity index (χ3n) is 4.05. The minimum atomic E-state index is -3.07. The van der Waals surface area contributed by atoms with Crippen LogP contribution in [-0.2, 0) is 4.74 Å². The number of benzene rings is 1. The number of fused-ring (bicyclic) bond motifs is 1. The predicted molar refractivity (Wildman–Crippen MR) is 96.6 cm³/mol. The zero-order valence-electron chi connectivity index (χ0n) is 14.7. The number of para-hydroxylation sites is 1. The average molecular weight is 394 g/mol. The number of aryl methyl sites for hydroxylation is 2. The lowest BCUT2D eigenvalue weighted by molar-refractivity contribution is -0.0506. The van der Waals surface area contributed by atoms with Crippen LogP contribution in [0, 0.1) is 13.8 Å². The van der Waals surface area contributed by atoms with Crippen molar-refractivity contribution in [1.82, 2.24) is 9.97 Å². The van der Waals surface area contributed by atoms with E-state index in [-0.39, 0.29) is 22.7 Å². The fraction of sp³-hybridized carbons (Fsp3) is 0.278. The number of aromatic amines is 1. The molecule has 0 saturated heterocycles. The summed E-state index contributed by atoms with van der Waals surface area (Å²) < 4.78 is 34.6. The van der Waals surface area contributed by atoms with Gasteiger partial charge in [-0.1, -0.05) is 12.1 Å². The number of aromatic nitrogens is 2. The Bertz CT molecular complexity index is 1060. The number of carbonyl (C=O) groups is 1. The van der Waals surface area contributed by atoms with E-state index >= 15 is 0 Å². The van der Waals surface area contributed by atoms with E-state index in [1.165, 1.54) is 42.5 Å². The van der Waals surface area contributed by atoms with E-state index in [4.69, 9.17) is 4.74 Å². The predicted octanol–water partition coefficient (Wildman–Crippen LogP) is 4.12. The number of halogens is 2. The summed E-state index contributed by atoms with van der Waals surface area (Å²) in [4.78, 5) is 33.2. The Morgan fingerprint density at radius 1 is 1.26 bits per heavy atom. The van der Waals surface area contributed by atoms with Gasteiger partial charge in [-0.05, 0) is 38.5 Å². The van der Waals surface area contributed by atoms with Gasteiger partial charge in [0.2, 0.25) is 0 Å². The Hall–Kier alpha value is -2.81. The van der Waals surface area contributed by atoms with Gasteiger partial charge in [0.15, 0.2) is 11.9 Å². The molecule has 2 aromatic heterocycles. The molecule has 9 heteroatoms. The Morgan fingerprint density at radius 2 is 1.96 bits per heavy atom. The van der Waals surface area contributed by atoms with Gasteiger partial charge in [0, 0.05) is 4.88 Å². The highest BCUT2D eigenvalue weighted by molar-refractivity contribution is 7.18. The molecule has 0 aliphatic heterocycles. The topological polar surface area (TPSA) is 81.3 Å². The molecule has 27 heavy (non-hydrogen) atoms. The highest BCUT2D eigenvalue weighted by Crippen LogP contribution is 2.28. The highest BCUT2D eigenvalue weighted by atomic mass is 32.1. The van der Waals surface area contributed by atoms with Crippen molar-refractivity contribution in [3.8, 4) is 5.75 Å². The van der Waals surface area contributed by atoms with Crippen LogP contribution < -0.4 is 10.3 Å². The summed E-state index contributed by atoms with van der Waals surface area (Å²) >= 11 is 1.37. The van der Waals surface area contributed by atoms with Crippen LogP contribution in [0.15, 0.2) is 29.1 Å². The van der Waals surface area contributed by atoms with Crippen LogP contribution in [0.25, 0.3) is 10.2 Å². The van der Waals surface area contributed by atoms with Gasteiger partial charge in [-0.25, -0.2) is 9.78 Å². The maximum Gasteiger partial charge on any atom is 0.387 e. The lowest BCUT2D eigenvalue weighted by Gasteiger charge is -2.14. The molecular weight excluding hydrogens is 378 g/mol. The van der Waals surface area contributed by atoms with Gasteiger partial charge in [-0.15, -0.1) is 11.3 Å². The number of hydrogen-bond donors (Lipinski definition) is 1. The van der Waals surface area contributed by atoms with Gasteiger partial charge >= 0.3 is 12.6 Å². The highest BCUT2D eigenvalue weighted by Gasteiger charge is 2.22. The van der Waals surface area contributed by atoms with Crippen LogP contribution in [0.1, 0.15) is 39.7 Å². The summed E-state index contributed by atoms with van der Waals surface area (Å²) in [7, 11) is 0. The van der Waals surface area contributed by atoms with Gasteiger partial charge < -0.3 is 14.5 Å². The SMILES string of the molecule is Cc1sc2nc([C@@H](C)OC(=O)c3ccccc3OC(F)F)[nH]c(=O)c2c1C.